The highest BCUT2D eigenvalue weighted by Gasteiger charge is 2.35. The molecule has 1 aliphatic rings. The molecule has 0 aromatic heterocycles. The maximum Gasteiger partial charge on any atom is 0.321 e. The van der Waals surface area contributed by atoms with Crippen molar-refractivity contribution in [1.29, 1.82) is 5.26 Å². The topological polar surface area (TPSA) is 61.1 Å². The van der Waals surface area contributed by atoms with Gasteiger partial charge in [-0.05, 0) is 18.3 Å². The average Bonchev–Trinajstić information content (AvgIpc) is 2.38. The Bertz CT molecular complexity index is 219. The Morgan fingerprint density at radius 2 is 2.33 bits per heavy atom. The van der Waals surface area contributed by atoms with Gasteiger partial charge >= 0.3 is 5.97 Å². The van der Waals surface area contributed by atoms with Gasteiger partial charge in [-0.25, -0.2) is 0 Å². The lowest BCUT2D eigenvalue weighted by atomic mass is 9.86. The first-order chi connectivity index (χ1) is 5.66. The first-order valence-corrected chi connectivity index (χ1v) is 4.29. The van der Waals surface area contributed by atoms with E-state index in [1.165, 1.54) is 0 Å². The second-order valence-electron chi connectivity index (χ2n) is 3.52. The molecule has 0 aromatic rings. The van der Waals surface area contributed by atoms with E-state index in [0.29, 0.717) is 5.92 Å². The second-order valence-corrected chi connectivity index (χ2v) is 3.52. The predicted molar refractivity (Wildman–Crippen MR) is 43.2 cm³/mol. The molecule has 3 nitrogen and oxygen atoms in total. The molecule has 3 unspecified atom stereocenters. The lowest BCUT2D eigenvalue weighted by molar-refractivity contribution is -0.141. The van der Waals surface area contributed by atoms with Crippen LogP contribution in [0.3, 0.4) is 0 Å². The molecule has 3 heteroatoms. The van der Waals surface area contributed by atoms with Crippen LogP contribution in [0.25, 0.3) is 0 Å². The molecule has 3 atom stereocenters. The summed E-state index contributed by atoms with van der Waals surface area (Å²) in [7, 11) is 0. The molecule has 0 amide bonds. The van der Waals surface area contributed by atoms with Gasteiger partial charge in [0, 0.05) is 0 Å². The Morgan fingerprint density at radius 1 is 1.67 bits per heavy atom. The maximum absolute atomic E-state index is 10.6. The highest BCUT2D eigenvalue weighted by molar-refractivity contribution is 5.73. The smallest absolute Gasteiger partial charge is 0.321 e. The summed E-state index contributed by atoms with van der Waals surface area (Å²) in [6.45, 7) is 2.03. The molecule has 12 heavy (non-hydrogen) atoms. The van der Waals surface area contributed by atoms with Gasteiger partial charge in [0.2, 0.25) is 0 Å². The maximum atomic E-state index is 10.6. The number of carboxylic acids is 1. The molecule has 66 valence electrons. The summed E-state index contributed by atoms with van der Waals surface area (Å²) < 4.78 is 0. The Morgan fingerprint density at radius 3 is 2.67 bits per heavy atom. The Labute approximate surface area is 72.0 Å². The van der Waals surface area contributed by atoms with E-state index < -0.39 is 11.9 Å². The zero-order chi connectivity index (χ0) is 9.14. The number of nitriles is 1. The van der Waals surface area contributed by atoms with Crippen molar-refractivity contribution in [2.75, 3.05) is 0 Å². The van der Waals surface area contributed by atoms with E-state index in [2.05, 4.69) is 0 Å². The van der Waals surface area contributed by atoms with Crippen molar-refractivity contribution in [2.24, 2.45) is 17.8 Å². The van der Waals surface area contributed by atoms with Crippen LogP contribution in [0.2, 0.25) is 0 Å². The van der Waals surface area contributed by atoms with Crippen LogP contribution in [-0.2, 0) is 4.79 Å². The molecular formula is C9H13NO2. The molecule has 0 spiro atoms. The molecule has 1 rings (SSSR count). The van der Waals surface area contributed by atoms with E-state index in [0.717, 1.165) is 19.3 Å². The van der Waals surface area contributed by atoms with Gasteiger partial charge in [-0.1, -0.05) is 19.8 Å². The van der Waals surface area contributed by atoms with Crippen LogP contribution in [0.1, 0.15) is 26.2 Å². The highest BCUT2D eigenvalue weighted by atomic mass is 16.4. The normalized spacial score (nSPS) is 31.0. The van der Waals surface area contributed by atoms with E-state index in [4.69, 9.17) is 10.4 Å². The predicted octanol–water partition coefficient (Wildman–Crippen LogP) is 1.65. The number of nitrogens with zero attached hydrogens (tertiary/aromatic N) is 1. The fraction of sp³-hybridized carbons (Fsp3) is 0.778. The zero-order valence-corrected chi connectivity index (χ0v) is 7.16. The van der Waals surface area contributed by atoms with Gasteiger partial charge in [0.25, 0.3) is 0 Å². The summed E-state index contributed by atoms with van der Waals surface area (Å²) in [5.74, 6) is -1.28. The molecule has 0 saturated heterocycles. The molecule has 1 saturated carbocycles. The molecule has 0 aromatic carbocycles. The Balaban J connectivity index is 2.67. The monoisotopic (exact) mass is 167 g/mol. The summed E-state index contributed by atoms with van der Waals surface area (Å²) in [6, 6.07) is 1.87. The molecular weight excluding hydrogens is 154 g/mol. The summed E-state index contributed by atoms with van der Waals surface area (Å²) in [5.41, 5.74) is 0. The van der Waals surface area contributed by atoms with Crippen LogP contribution >= 0.6 is 0 Å². The van der Waals surface area contributed by atoms with Crippen molar-refractivity contribution in [1.82, 2.24) is 0 Å². The van der Waals surface area contributed by atoms with Crippen molar-refractivity contribution >= 4 is 5.97 Å². The van der Waals surface area contributed by atoms with Crippen LogP contribution in [0, 0.1) is 29.1 Å². The number of hydrogen-bond acceptors (Lipinski definition) is 2. The number of hydrogen-bond donors (Lipinski definition) is 1. The SMILES string of the molecule is CC1CCCC1C(C#N)C(=O)O. The van der Waals surface area contributed by atoms with E-state index in [9.17, 15) is 4.79 Å². The van der Waals surface area contributed by atoms with Crippen molar-refractivity contribution < 1.29 is 9.90 Å². The van der Waals surface area contributed by atoms with Gasteiger partial charge in [0.1, 0.15) is 5.92 Å². The van der Waals surface area contributed by atoms with Gasteiger partial charge in [-0.15, -0.1) is 0 Å². The van der Waals surface area contributed by atoms with Crippen molar-refractivity contribution in [2.45, 2.75) is 26.2 Å². The first kappa shape index (κ1) is 9.05. The largest absolute Gasteiger partial charge is 0.480 e. The van der Waals surface area contributed by atoms with Crippen LogP contribution in [0.4, 0.5) is 0 Å². The number of rotatable bonds is 2. The van der Waals surface area contributed by atoms with Crippen LogP contribution in [0.15, 0.2) is 0 Å². The molecule has 0 aliphatic heterocycles. The van der Waals surface area contributed by atoms with Crippen LogP contribution < -0.4 is 0 Å². The van der Waals surface area contributed by atoms with E-state index >= 15 is 0 Å². The average molecular weight is 167 g/mol. The fourth-order valence-corrected chi connectivity index (χ4v) is 2.00. The summed E-state index contributed by atoms with van der Waals surface area (Å²) in [4.78, 5) is 10.6. The molecule has 0 bridgehead atoms. The number of carboxylic acid groups (broad SMARTS) is 1. The van der Waals surface area contributed by atoms with Crippen molar-refractivity contribution in [3.05, 3.63) is 0 Å². The second kappa shape index (κ2) is 3.57. The van der Waals surface area contributed by atoms with Crippen LogP contribution in [-0.4, -0.2) is 11.1 Å². The van der Waals surface area contributed by atoms with E-state index in [-0.39, 0.29) is 5.92 Å². The first-order valence-electron chi connectivity index (χ1n) is 4.29. The molecule has 1 fully saturated rings. The zero-order valence-electron chi connectivity index (χ0n) is 7.16. The van der Waals surface area contributed by atoms with Gasteiger partial charge in [0.05, 0.1) is 6.07 Å². The lowest BCUT2D eigenvalue weighted by Crippen LogP contribution is -2.23. The quantitative estimate of drug-likeness (QED) is 0.680. The Kier molecular flexibility index (Phi) is 2.69. The standard InChI is InChI=1S/C9H13NO2/c1-6-3-2-4-7(6)8(5-10)9(11)12/h6-8H,2-4H2,1H3,(H,11,12). The van der Waals surface area contributed by atoms with E-state index in [1.54, 1.807) is 0 Å². The summed E-state index contributed by atoms with van der Waals surface area (Å²) in [5, 5.41) is 17.4. The third-order valence-electron chi connectivity index (χ3n) is 2.76. The fourth-order valence-electron chi connectivity index (χ4n) is 2.00. The van der Waals surface area contributed by atoms with Crippen molar-refractivity contribution in [3.8, 4) is 6.07 Å². The van der Waals surface area contributed by atoms with Crippen LogP contribution in [0.5, 0.6) is 0 Å². The molecule has 1 aliphatic carbocycles. The highest BCUT2D eigenvalue weighted by Crippen LogP contribution is 2.36. The summed E-state index contributed by atoms with van der Waals surface area (Å²) in [6.07, 6.45) is 3.03. The van der Waals surface area contributed by atoms with Gasteiger partial charge in [-0.2, -0.15) is 5.26 Å². The third-order valence-corrected chi connectivity index (χ3v) is 2.76. The van der Waals surface area contributed by atoms with Gasteiger partial charge < -0.3 is 5.11 Å². The third kappa shape index (κ3) is 1.58. The lowest BCUT2D eigenvalue weighted by Gasteiger charge is -2.16. The van der Waals surface area contributed by atoms with Gasteiger partial charge in [-0.3, -0.25) is 4.79 Å². The summed E-state index contributed by atoms with van der Waals surface area (Å²) >= 11 is 0. The minimum absolute atomic E-state index is 0.0764. The Hall–Kier alpha value is -1.04. The number of carbonyl (C=O) groups is 1. The van der Waals surface area contributed by atoms with Gasteiger partial charge in [0.15, 0.2) is 0 Å². The van der Waals surface area contributed by atoms with Crippen molar-refractivity contribution in [3.63, 3.8) is 0 Å². The van der Waals surface area contributed by atoms with E-state index in [1.807, 2.05) is 13.0 Å². The molecule has 0 heterocycles. The number of aliphatic carboxylic acids is 1. The minimum Gasteiger partial charge on any atom is -0.480 e. The molecule has 1 N–H and O–H groups in total. The minimum atomic E-state index is -0.962. The molecule has 0 radical (unpaired) electrons.